The summed E-state index contributed by atoms with van der Waals surface area (Å²) in [6.07, 6.45) is 1.43. The first-order valence-electron chi connectivity index (χ1n) is 7.55. The molecule has 1 aromatic heterocycles. The summed E-state index contributed by atoms with van der Waals surface area (Å²) in [5.74, 6) is -1.91. The van der Waals surface area contributed by atoms with Crippen LogP contribution < -0.4 is 4.90 Å². The smallest absolute Gasteiger partial charge is 0.294 e. The van der Waals surface area contributed by atoms with Crippen molar-refractivity contribution in [1.29, 1.82) is 0 Å². The minimum absolute atomic E-state index is 0.0202. The average Bonchev–Trinajstić information content (AvgIpc) is 3.15. The van der Waals surface area contributed by atoms with Gasteiger partial charge in [-0.15, -0.1) is 0 Å². The van der Waals surface area contributed by atoms with Gasteiger partial charge in [-0.1, -0.05) is 26.0 Å². The van der Waals surface area contributed by atoms with Crippen molar-refractivity contribution in [3.8, 4) is 5.75 Å². The van der Waals surface area contributed by atoms with Crippen LogP contribution in [0.1, 0.15) is 25.6 Å². The lowest BCUT2D eigenvalue weighted by molar-refractivity contribution is -0.119. The highest BCUT2D eigenvalue weighted by molar-refractivity contribution is 6.17. The number of ketones is 1. The standard InChI is InChI=1S/C18H17NO5/c1-10(2)16(21)14-15(13-8-5-9-24-13)19(18(23)17(14)22)11-6-3-4-7-12(11)20/h3-10,15,20,22H,1-2H3. The van der Waals surface area contributed by atoms with Crippen LogP contribution in [0.25, 0.3) is 0 Å². The van der Waals surface area contributed by atoms with E-state index in [1.807, 2.05) is 0 Å². The third-order valence-corrected chi connectivity index (χ3v) is 3.95. The molecular weight excluding hydrogens is 310 g/mol. The molecule has 0 radical (unpaired) electrons. The zero-order valence-corrected chi connectivity index (χ0v) is 13.3. The molecule has 1 aliphatic heterocycles. The number of carbonyl (C=O) groups excluding carboxylic acids is 2. The maximum Gasteiger partial charge on any atom is 0.294 e. The Bertz CT molecular complexity index is 820. The fraction of sp³-hybridized carbons (Fsp3) is 0.222. The van der Waals surface area contributed by atoms with Crippen LogP contribution in [-0.4, -0.2) is 21.9 Å². The van der Waals surface area contributed by atoms with Crippen molar-refractivity contribution in [3.05, 3.63) is 59.8 Å². The summed E-state index contributed by atoms with van der Waals surface area (Å²) in [4.78, 5) is 26.4. The largest absolute Gasteiger partial charge is 0.506 e. The molecule has 0 spiro atoms. The van der Waals surface area contributed by atoms with Crippen molar-refractivity contribution in [2.45, 2.75) is 19.9 Å². The van der Waals surface area contributed by atoms with E-state index in [-0.39, 0.29) is 22.8 Å². The first kappa shape index (κ1) is 15.9. The van der Waals surface area contributed by atoms with Gasteiger partial charge in [0.1, 0.15) is 17.6 Å². The van der Waals surface area contributed by atoms with Gasteiger partial charge in [0.2, 0.25) is 0 Å². The van der Waals surface area contributed by atoms with Gasteiger partial charge in [0.25, 0.3) is 5.91 Å². The van der Waals surface area contributed by atoms with Crippen molar-refractivity contribution in [2.24, 2.45) is 5.92 Å². The molecular formula is C18H17NO5. The van der Waals surface area contributed by atoms with Crippen LogP contribution in [0.5, 0.6) is 5.75 Å². The molecule has 3 rings (SSSR count). The summed E-state index contributed by atoms with van der Waals surface area (Å²) >= 11 is 0. The van der Waals surface area contributed by atoms with Gasteiger partial charge >= 0.3 is 0 Å². The van der Waals surface area contributed by atoms with Gasteiger partial charge in [-0.25, -0.2) is 0 Å². The summed E-state index contributed by atoms with van der Waals surface area (Å²) in [6, 6.07) is 8.58. The van der Waals surface area contributed by atoms with Crippen LogP contribution in [0.3, 0.4) is 0 Å². The Morgan fingerprint density at radius 2 is 1.88 bits per heavy atom. The molecule has 1 aliphatic rings. The minimum atomic E-state index is -0.921. The summed E-state index contributed by atoms with van der Waals surface area (Å²) in [5, 5.41) is 20.4. The lowest BCUT2D eigenvalue weighted by Crippen LogP contribution is -2.31. The SMILES string of the molecule is CC(C)C(=O)C1=C(O)C(=O)N(c2ccccc2O)C1c1ccco1. The van der Waals surface area contributed by atoms with Crippen molar-refractivity contribution in [3.63, 3.8) is 0 Å². The second kappa shape index (κ2) is 5.88. The van der Waals surface area contributed by atoms with Crippen LogP contribution in [0.2, 0.25) is 0 Å². The van der Waals surface area contributed by atoms with E-state index >= 15 is 0 Å². The first-order valence-corrected chi connectivity index (χ1v) is 7.55. The van der Waals surface area contributed by atoms with Crippen LogP contribution in [-0.2, 0) is 9.59 Å². The van der Waals surface area contributed by atoms with Gasteiger partial charge in [-0.2, -0.15) is 0 Å². The molecule has 124 valence electrons. The van der Waals surface area contributed by atoms with E-state index in [9.17, 15) is 19.8 Å². The summed E-state index contributed by atoms with van der Waals surface area (Å²) in [7, 11) is 0. The van der Waals surface area contributed by atoms with E-state index in [2.05, 4.69) is 0 Å². The lowest BCUT2D eigenvalue weighted by atomic mass is 9.94. The van der Waals surface area contributed by atoms with Crippen molar-refractivity contribution < 1.29 is 24.2 Å². The first-order chi connectivity index (χ1) is 11.4. The highest BCUT2D eigenvalue weighted by Gasteiger charge is 2.46. The number of phenols is 1. The predicted octanol–water partition coefficient (Wildman–Crippen LogP) is 3.11. The number of amides is 1. The Morgan fingerprint density at radius 3 is 2.46 bits per heavy atom. The topological polar surface area (TPSA) is 91.0 Å². The molecule has 2 N–H and O–H groups in total. The highest BCUT2D eigenvalue weighted by Crippen LogP contribution is 2.44. The molecule has 0 saturated heterocycles. The Morgan fingerprint density at radius 1 is 1.17 bits per heavy atom. The second-order valence-corrected chi connectivity index (χ2v) is 5.86. The number of aliphatic hydroxyl groups excluding tert-OH is 1. The van der Waals surface area contributed by atoms with E-state index in [4.69, 9.17) is 4.42 Å². The van der Waals surface area contributed by atoms with Crippen molar-refractivity contribution >= 4 is 17.4 Å². The van der Waals surface area contributed by atoms with Crippen LogP contribution in [0, 0.1) is 5.92 Å². The molecule has 0 aliphatic carbocycles. The van der Waals surface area contributed by atoms with Crippen LogP contribution in [0.4, 0.5) is 5.69 Å². The Labute approximate surface area is 138 Å². The summed E-state index contributed by atoms with van der Waals surface area (Å²) in [5.41, 5.74) is 0.176. The molecule has 1 amide bonds. The molecule has 24 heavy (non-hydrogen) atoms. The molecule has 0 bridgehead atoms. The van der Waals surface area contributed by atoms with E-state index in [0.717, 1.165) is 0 Å². The highest BCUT2D eigenvalue weighted by atomic mass is 16.3. The van der Waals surface area contributed by atoms with E-state index < -0.39 is 23.6 Å². The molecule has 6 heteroatoms. The molecule has 0 fully saturated rings. The van der Waals surface area contributed by atoms with E-state index in [1.165, 1.54) is 17.2 Å². The average molecular weight is 327 g/mol. The number of hydrogen-bond donors (Lipinski definition) is 2. The number of para-hydroxylation sites is 2. The zero-order valence-electron chi connectivity index (χ0n) is 13.3. The molecule has 0 saturated carbocycles. The number of phenolic OH excluding ortho intramolecular Hbond substituents is 1. The van der Waals surface area contributed by atoms with Crippen molar-refractivity contribution in [2.75, 3.05) is 4.90 Å². The molecule has 2 aromatic rings. The normalized spacial score (nSPS) is 17.9. The number of Topliss-reactive ketones (excluding diaryl/α,β-unsaturated/α-hetero) is 1. The van der Waals surface area contributed by atoms with Crippen LogP contribution in [0.15, 0.2) is 58.4 Å². The summed E-state index contributed by atoms with van der Waals surface area (Å²) in [6.45, 7) is 3.38. The zero-order chi connectivity index (χ0) is 17.4. The van der Waals surface area contributed by atoms with Gasteiger partial charge in [-0.05, 0) is 24.3 Å². The van der Waals surface area contributed by atoms with Gasteiger partial charge in [0.15, 0.2) is 11.5 Å². The third kappa shape index (κ3) is 2.36. The maximum absolute atomic E-state index is 12.6. The quantitative estimate of drug-likeness (QED) is 0.900. The maximum atomic E-state index is 12.6. The van der Waals surface area contributed by atoms with E-state index in [0.29, 0.717) is 5.76 Å². The van der Waals surface area contributed by atoms with Crippen molar-refractivity contribution in [1.82, 2.24) is 0 Å². The number of hydrogen-bond acceptors (Lipinski definition) is 5. The number of rotatable bonds is 4. The lowest BCUT2D eigenvalue weighted by Gasteiger charge is -2.25. The Hall–Kier alpha value is -3.02. The number of aromatic hydroxyl groups is 1. The molecule has 1 atom stereocenters. The van der Waals surface area contributed by atoms with Gasteiger partial charge in [0.05, 0.1) is 17.5 Å². The predicted molar refractivity (Wildman–Crippen MR) is 86.5 cm³/mol. The van der Waals surface area contributed by atoms with E-state index in [1.54, 1.807) is 44.2 Å². The fourth-order valence-electron chi connectivity index (χ4n) is 2.80. The number of nitrogens with zero attached hydrogens (tertiary/aromatic N) is 1. The Kier molecular flexibility index (Phi) is 3.89. The molecule has 6 nitrogen and oxygen atoms in total. The number of furan rings is 1. The monoisotopic (exact) mass is 327 g/mol. The van der Waals surface area contributed by atoms with Gasteiger partial charge in [-0.3, -0.25) is 14.5 Å². The number of carbonyl (C=O) groups is 2. The summed E-state index contributed by atoms with van der Waals surface area (Å²) < 4.78 is 5.39. The van der Waals surface area contributed by atoms with Crippen LogP contribution >= 0.6 is 0 Å². The molecule has 1 unspecified atom stereocenters. The number of benzene rings is 1. The van der Waals surface area contributed by atoms with Gasteiger partial charge < -0.3 is 14.6 Å². The number of anilines is 1. The number of aliphatic hydroxyl groups is 1. The van der Waals surface area contributed by atoms with Gasteiger partial charge in [0, 0.05) is 5.92 Å². The third-order valence-electron chi connectivity index (χ3n) is 3.95. The Balaban J connectivity index is 2.19. The minimum Gasteiger partial charge on any atom is -0.506 e. The second-order valence-electron chi connectivity index (χ2n) is 5.86. The molecule has 1 aromatic carbocycles. The molecule has 2 heterocycles. The fourth-order valence-corrected chi connectivity index (χ4v) is 2.80.